The molecular weight excluding hydrogens is 303 g/mol. The number of halogens is 1. The van der Waals surface area contributed by atoms with Gasteiger partial charge in [0.05, 0.1) is 11.3 Å². The van der Waals surface area contributed by atoms with Crippen LogP contribution >= 0.6 is 0 Å². The number of nitrogens with zero attached hydrogens (tertiary/aromatic N) is 1. The normalized spacial score (nSPS) is 10.4. The number of hydrogen-bond acceptors (Lipinski definition) is 2. The molecule has 0 atom stereocenters. The van der Waals surface area contributed by atoms with Crippen molar-refractivity contribution in [1.82, 2.24) is 10.3 Å². The smallest absolute Gasteiger partial charge is 0.253 e. The van der Waals surface area contributed by atoms with Crippen molar-refractivity contribution in [3.8, 4) is 11.3 Å². The summed E-state index contributed by atoms with van der Waals surface area (Å²) in [6.45, 7) is 2.48. The van der Waals surface area contributed by atoms with Crippen LogP contribution in [0, 0.1) is 12.7 Å². The number of rotatable bonds is 4. The van der Waals surface area contributed by atoms with Gasteiger partial charge in [-0.25, -0.2) is 4.39 Å². The number of pyridine rings is 1. The molecule has 120 valence electrons. The number of aryl methyl sites for hydroxylation is 1. The van der Waals surface area contributed by atoms with Crippen LogP contribution < -0.4 is 5.32 Å². The molecule has 0 aliphatic carbocycles. The van der Waals surface area contributed by atoms with Crippen molar-refractivity contribution in [3.05, 3.63) is 89.4 Å². The van der Waals surface area contributed by atoms with Crippen molar-refractivity contribution in [2.75, 3.05) is 0 Å². The van der Waals surface area contributed by atoms with Gasteiger partial charge in [0.25, 0.3) is 5.91 Å². The van der Waals surface area contributed by atoms with Crippen LogP contribution in [0.3, 0.4) is 0 Å². The van der Waals surface area contributed by atoms with Gasteiger partial charge in [-0.05, 0) is 42.3 Å². The van der Waals surface area contributed by atoms with Crippen molar-refractivity contribution in [2.24, 2.45) is 0 Å². The highest BCUT2D eigenvalue weighted by Gasteiger charge is 2.08. The number of nitrogens with one attached hydrogen (secondary N) is 1. The van der Waals surface area contributed by atoms with Crippen molar-refractivity contribution in [2.45, 2.75) is 13.5 Å². The monoisotopic (exact) mass is 320 g/mol. The van der Waals surface area contributed by atoms with Gasteiger partial charge in [0.2, 0.25) is 0 Å². The summed E-state index contributed by atoms with van der Waals surface area (Å²) in [5.41, 5.74) is 4.00. The van der Waals surface area contributed by atoms with Crippen LogP contribution in [-0.2, 0) is 6.54 Å². The Hall–Kier alpha value is -3.01. The molecule has 4 heteroatoms. The van der Waals surface area contributed by atoms with Gasteiger partial charge < -0.3 is 5.32 Å². The summed E-state index contributed by atoms with van der Waals surface area (Å²) < 4.78 is 13.3. The Balaban J connectivity index is 1.69. The van der Waals surface area contributed by atoms with Crippen LogP contribution in [0.4, 0.5) is 4.39 Å². The van der Waals surface area contributed by atoms with E-state index in [1.807, 2.05) is 31.2 Å². The molecule has 3 nitrogen and oxygen atoms in total. The van der Waals surface area contributed by atoms with E-state index < -0.39 is 0 Å². The van der Waals surface area contributed by atoms with E-state index in [1.54, 1.807) is 24.3 Å². The Kier molecular flexibility index (Phi) is 4.66. The van der Waals surface area contributed by atoms with Gasteiger partial charge in [-0.15, -0.1) is 0 Å². The fourth-order valence-electron chi connectivity index (χ4n) is 2.43. The SMILES string of the molecule is Cc1ccccc1CNC(=O)c1ccc(-c2cccc(F)c2)nc1. The largest absolute Gasteiger partial charge is 0.348 e. The maximum atomic E-state index is 13.3. The summed E-state index contributed by atoms with van der Waals surface area (Å²) in [4.78, 5) is 16.5. The fourth-order valence-corrected chi connectivity index (χ4v) is 2.43. The molecule has 3 aromatic rings. The molecule has 0 spiro atoms. The third-order valence-corrected chi connectivity index (χ3v) is 3.85. The molecule has 24 heavy (non-hydrogen) atoms. The van der Waals surface area contributed by atoms with E-state index >= 15 is 0 Å². The maximum Gasteiger partial charge on any atom is 0.253 e. The van der Waals surface area contributed by atoms with Gasteiger partial charge in [-0.2, -0.15) is 0 Å². The van der Waals surface area contributed by atoms with E-state index in [-0.39, 0.29) is 11.7 Å². The minimum Gasteiger partial charge on any atom is -0.348 e. The molecule has 1 aromatic heterocycles. The van der Waals surface area contributed by atoms with Crippen molar-refractivity contribution >= 4 is 5.91 Å². The van der Waals surface area contributed by atoms with Crippen LogP contribution in [0.1, 0.15) is 21.5 Å². The molecule has 1 heterocycles. The van der Waals surface area contributed by atoms with E-state index in [0.29, 0.717) is 23.4 Å². The Morgan fingerprint density at radius 1 is 1.08 bits per heavy atom. The lowest BCUT2D eigenvalue weighted by Crippen LogP contribution is -2.23. The average Bonchev–Trinajstić information content (AvgIpc) is 2.61. The predicted molar refractivity (Wildman–Crippen MR) is 92.0 cm³/mol. The van der Waals surface area contributed by atoms with Crippen molar-refractivity contribution in [3.63, 3.8) is 0 Å². The van der Waals surface area contributed by atoms with Gasteiger partial charge in [0.1, 0.15) is 5.82 Å². The maximum absolute atomic E-state index is 13.3. The standard InChI is InChI=1S/C20H17FN2O/c1-14-5-2-3-6-16(14)12-23-20(24)17-9-10-19(22-13-17)15-7-4-8-18(21)11-15/h2-11,13H,12H2,1H3,(H,23,24). The minimum absolute atomic E-state index is 0.184. The lowest BCUT2D eigenvalue weighted by Gasteiger charge is -2.08. The second-order valence-electron chi connectivity index (χ2n) is 5.55. The molecule has 0 radical (unpaired) electrons. The first-order chi connectivity index (χ1) is 11.6. The van der Waals surface area contributed by atoms with E-state index in [2.05, 4.69) is 10.3 Å². The lowest BCUT2D eigenvalue weighted by atomic mass is 10.1. The molecule has 0 unspecified atom stereocenters. The number of aromatic nitrogens is 1. The Morgan fingerprint density at radius 2 is 1.92 bits per heavy atom. The Labute approximate surface area is 140 Å². The molecule has 1 amide bonds. The first-order valence-electron chi connectivity index (χ1n) is 7.68. The summed E-state index contributed by atoms with van der Waals surface area (Å²) in [5, 5.41) is 2.89. The van der Waals surface area contributed by atoms with Crippen LogP contribution in [0.2, 0.25) is 0 Å². The molecule has 0 aliphatic heterocycles. The minimum atomic E-state index is -0.311. The van der Waals surface area contributed by atoms with Gasteiger partial charge >= 0.3 is 0 Å². The van der Waals surface area contributed by atoms with Crippen molar-refractivity contribution in [1.29, 1.82) is 0 Å². The Bertz CT molecular complexity index is 860. The first kappa shape index (κ1) is 15.9. The zero-order chi connectivity index (χ0) is 16.9. The van der Waals surface area contributed by atoms with Gasteiger partial charge in [-0.3, -0.25) is 9.78 Å². The molecule has 3 rings (SSSR count). The second kappa shape index (κ2) is 7.04. The molecule has 0 bridgehead atoms. The number of benzene rings is 2. The fraction of sp³-hybridized carbons (Fsp3) is 0.100. The topological polar surface area (TPSA) is 42.0 Å². The van der Waals surface area contributed by atoms with Crippen LogP contribution in [0.5, 0.6) is 0 Å². The molecule has 1 N–H and O–H groups in total. The highest BCUT2D eigenvalue weighted by atomic mass is 19.1. The molecular formula is C20H17FN2O. The highest BCUT2D eigenvalue weighted by Crippen LogP contribution is 2.18. The first-order valence-corrected chi connectivity index (χ1v) is 7.68. The molecule has 0 fully saturated rings. The van der Waals surface area contributed by atoms with Gasteiger partial charge in [0, 0.05) is 18.3 Å². The summed E-state index contributed by atoms with van der Waals surface area (Å²) in [5.74, 6) is -0.495. The van der Waals surface area contributed by atoms with Crippen molar-refractivity contribution < 1.29 is 9.18 Å². The van der Waals surface area contributed by atoms with Crippen LogP contribution in [0.15, 0.2) is 66.9 Å². The lowest BCUT2D eigenvalue weighted by molar-refractivity contribution is 0.0950. The van der Waals surface area contributed by atoms with E-state index in [4.69, 9.17) is 0 Å². The van der Waals surface area contributed by atoms with E-state index in [1.165, 1.54) is 18.3 Å². The third kappa shape index (κ3) is 3.66. The summed E-state index contributed by atoms with van der Waals surface area (Å²) in [7, 11) is 0. The van der Waals surface area contributed by atoms with Gasteiger partial charge in [0.15, 0.2) is 0 Å². The van der Waals surface area contributed by atoms with E-state index in [9.17, 15) is 9.18 Å². The summed E-state index contributed by atoms with van der Waals surface area (Å²) in [6, 6.07) is 17.5. The predicted octanol–water partition coefficient (Wildman–Crippen LogP) is 4.13. The number of hydrogen-bond donors (Lipinski definition) is 1. The van der Waals surface area contributed by atoms with Crippen LogP contribution in [-0.4, -0.2) is 10.9 Å². The van der Waals surface area contributed by atoms with Crippen LogP contribution in [0.25, 0.3) is 11.3 Å². The van der Waals surface area contributed by atoms with Gasteiger partial charge in [-0.1, -0.05) is 36.4 Å². The molecule has 2 aromatic carbocycles. The zero-order valence-electron chi connectivity index (χ0n) is 13.3. The zero-order valence-corrected chi connectivity index (χ0v) is 13.3. The number of amides is 1. The summed E-state index contributed by atoms with van der Waals surface area (Å²) >= 11 is 0. The number of carbonyl (C=O) groups excluding carboxylic acids is 1. The quantitative estimate of drug-likeness (QED) is 0.785. The average molecular weight is 320 g/mol. The summed E-state index contributed by atoms with van der Waals surface area (Å²) in [6.07, 6.45) is 1.51. The molecule has 0 saturated carbocycles. The highest BCUT2D eigenvalue weighted by molar-refractivity contribution is 5.94. The van der Waals surface area contributed by atoms with E-state index in [0.717, 1.165) is 11.1 Å². The number of carbonyl (C=O) groups is 1. The second-order valence-corrected chi connectivity index (χ2v) is 5.55. The molecule has 0 aliphatic rings. The third-order valence-electron chi connectivity index (χ3n) is 3.85. The molecule has 0 saturated heterocycles. The Morgan fingerprint density at radius 3 is 2.62 bits per heavy atom.